The molecule has 6 nitrogen and oxygen atoms in total. The van der Waals surface area contributed by atoms with Gasteiger partial charge in [-0.25, -0.2) is 9.37 Å². The average molecular weight is 441 g/mol. The molecule has 1 N–H and O–H groups in total. The van der Waals surface area contributed by atoms with Crippen molar-refractivity contribution in [1.82, 2.24) is 15.2 Å². The van der Waals surface area contributed by atoms with Crippen molar-refractivity contribution in [3.8, 4) is 22.7 Å². The maximum Gasteiger partial charge on any atom is 0.277 e. The molecule has 2 heterocycles. The Kier molecular flexibility index (Phi) is 6.20. The lowest BCUT2D eigenvalue weighted by molar-refractivity contribution is -0.113. The van der Waals surface area contributed by atoms with E-state index in [1.807, 2.05) is 17.5 Å². The molecule has 4 rings (SSSR count). The number of hydrogen-bond acceptors (Lipinski definition) is 7. The van der Waals surface area contributed by atoms with E-state index in [2.05, 4.69) is 39.6 Å². The number of nitrogens with zero attached hydrogens (tertiary/aromatic N) is 3. The Balaban J connectivity index is 1.32. The van der Waals surface area contributed by atoms with Crippen LogP contribution in [-0.2, 0) is 11.2 Å². The van der Waals surface area contributed by atoms with Gasteiger partial charge in [0.2, 0.25) is 11.8 Å². The summed E-state index contributed by atoms with van der Waals surface area (Å²) in [6, 6.07) is 14.0. The summed E-state index contributed by atoms with van der Waals surface area (Å²) in [5.41, 5.74) is 3.72. The number of hydrogen-bond donors (Lipinski definition) is 1. The zero-order chi connectivity index (χ0) is 20.9. The summed E-state index contributed by atoms with van der Waals surface area (Å²) in [7, 11) is 0. The molecule has 2 aromatic heterocycles. The number of benzene rings is 2. The summed E-state index contributed by atoms with van der Waals surface area (Å²) in [4.78, 5) is 16.7. The van der Waals surface area contributed by atoms with Crippen LogP contribution in [0.4, 0.5) is 9.52 Å². The zero-order valence-electron chi connectivity index (χ0n) is 16.0. The van der Waals surface area contributed by atoms with Gasteiger partial charge in [-0.05, 0) is 36.2 Å². The number of anilines is 1. The Hall–Kier alpha value is -3.04. The third-order valence-corrected chi connectivity index (χ3v) is 5.81. The van der Waals surface area contributed by atoms with Crippen LogP contribution in [0.3, 0.4) is 0 Å². The molecular formula is C21H17FN4O2S2. The lowest BCUT2D eigenvalue weighted by Crippen LogP contribution is -2.13. The molecule has 30 heavy (non-hydrogen) atoms. The van der Waals surface area contributed by atoms with Gasteiger partial charge in [0.15, 0.2) is 5.13 Å². The van der Waals surface area contributed by atoms with Crippen molar-refractivity contribution in [3.63, 3.8) is 0 Å². The minimum absolute atomic E-state index is 0.102. The number of amides is 1. The highest BCUT2D eigenvalue weighted by atomic mass is 32.2. The molecule has 1 amide bonds. The fourth-order valence-electron chi connectivity index (χ4n) is 2.63. The molecule has 0 aliphatic heterocycles. The Morgan fingerprint density at radius 1 is 1.10 bits per heavy atom. The Labute approximate surface area is 180 Å². The monoisotopic (exact) mass is 440 g/mol. The maximum atomic E-state index is 13.0. The van der Waals surface area contributed by atoms with Crippen molar-refractivity contribution in [1.29, 1.82) is 0 Å². The van der Waals surface area contributed by atoms with E-state index in [1.165, 1.54) is 29.0 Å². The molecule has 0 saturated heterocycles. The fourth-order valence-corrected chi connectivity index (χ4v) is 3.93. The van der Waals surface area contributed by atoms with Crippen LogP contribution in [0.2, 0.25) is 0 Å². The Morgan fingerprint density at radius 2 is 1.83 bits per heavy atom. The van der Waals surface area contributed by atoms with Crippen molar-refractivity contribution in [2.75, 3.05) is 11.1 Å². The number of thioether (sulfide) groups is 1. The second-order valence-corrected chi connectivity index (χ2v) is 8.09. The smallest absolute Gasteiger partial charge is 0.277 e. The predicted octanol–water partition coefficient (Wildman–Crippen LogP) is 5.29. The molecule has 4 aromatic rings. The maximum absolute atomic E-state index is 13.0. The molecule has 0 saturated carbocycles. The van der Waals surface area contributed by atoms with Crippen LogP contribution in [0.5, 0.6) is 0 Å². The number of carbonyl (C=O) groups is 1. The SMILES string of the molecule is CCc1ccc(-c2csc(NC(=O)CSc3nnc(-c4ccc(F)cc4)o3)n2)cc1. The lowest BCUT2D eigenvalue weighted by atomic mass is 10.1. The summed E-state index contributed by atoms with van der Waals surface area (Å²) in [6.07, 6.45) is 0.988. The van der Waals surface area contributed by atoms with Crippen molar-refractivity contribution in [2.45, 2.75) is 18.6 Å². The second kappa shape index (κ2) is 9.19. The second-order valence-electron chi connectivity index (χ2n) is 6.31. The van der Waals surface area contributed by atoms with Gasteiger partial charge in [0.05, 0.1) is 11.4 Å². The highest BCUT2D eigenvalue weighted by Crippen LogP contribution is 2.26. The number of thiazole rings is 1. The largest absolute Gasteiger partial charge is 0.411 e. The highest BCUT2D eigenvalue weighted by Gasteiger charge is 2.13. The van der Waals surface area contributed by atoms with Crippen molar-refractivity contribution in [2.24, 2.45) is 0 Å². The first-order valence-electron chi connectivity index (χ1n) is 9.17. The van der Waals surface area contributed by atoms with Crippen LogP contribution in [0.25, 0.3) is 22.7 Å². The number of rotatable bonds is 7. The fraction of sp³-hybridized carbons (Fsp3) is 0.143. The van der Waals surface area contributed by atoms with Crippen LogP contribution in [0.1, 0.15) is 12.5 Å². The standard InChI is InChI=1S/C21H17FN4O2S2/c1-2-13-3-5-14(6-4-13)17-11-29-20(23-17)24-18(27)12-30-21-26-25-19(28-21)15-7-9-16(22)10-8-15/h3-11H,2,12H2,1H3,(H,23,24,27). The lowest BCUT2D eigenvalue weighted by Gasteiger charge is -2.00. The molecular weight excluding hydrogens is 423 g/mol. The molecule has 2 aromatic carbocycles. The summed E-state index contributed by atoms with van der Waals surface area (Å²) in [6.45, 7) is 2.11. The summed E-state index contributed by atoms with van der Waals surface area (Å²) < 4.78 is 18.5. The van der Waals surface area contributed by atoms with Crippen molar-refractivity contribution in [3.05, 3.63) is 65.3 Å². The van der Waals surface area contributed by atoms with Gasteiger partial charge in [0.25, 0.3) is 5.22 Å². The van der Waals surface area contributed by atoms with Crippen LogP contribution in [-0.4, -0.2) is 26.8 Å². The minimum atomic E-state index is -0.340. The van der Waals surface area contributed by atoms with Gasteiger partial charge in [-0.15, -0.1) is 21.5 Å². The minimum Gasteiger partial charge on any atom is -0.411 e. The van der Waals surface area contributed by atoms with Crippen LogP contribution >= 0.6 is 23.1 Å². The summed E-state index contributed by atoms with van der Waals surface area (Å²) in [5.74, 6) is -0.182. The molecule has 9 heteroatoms. The summed E-state index contributed by atoms with van der Waals surface area (Å²) in [5, 5.41) is 13.3. The quantitative estimate of drug-likeness (QED) is 0.393. The van der Waals surface area contributed by atoms with E-state index >= 15 is 0 Å². The van der Waals surface area contributed by atoms with E-state index < -0.39 is 0 Å². The van der Waals surface area contributed by atoms with E-state index in [1.54, 1.807) is 12.1 Å². The molecule has 0 unspecified atom stereocenters. The number of carbonyl (C=O) groups excluding carboxylic acids is 1. The van der Waals surface area contributed by atoms with Crippen LogP contribution in [0, 0.1) is 5.82 Å². The third-order valence-electron chi connectivity index (χ3n) is 4.23. The van der Waals surface area contributed by atoms with Gasteiger partial charge in [0, 0.05) is 16.5 Å². The average Bonchev–Trinajstić information content (AvgIpc) is 3.43. The normalized spacial score (nSPS) is 10.9. The van der Waals surface area contributed by atoms with Gasteiger partial charge in [-0.3, -0.25) is 4.79 Å². The third kappa shape index (κ3) is 4.92. The zero-order valence-corrected chi connectivity index (χ0v) is 17.6. The van der Waals surface area contributed by atoms with E-state index in [-0.39, 0.29) is 28.6 Å². The van der Waals surface area contributed by atoms with Crippen molar-refractivity contribution >= 4 is 34.1 Å². The van der Waals surface area contributed by atoms with Gasteiger partial charge >= 0.3 is 0 Å². The Morgan fingerprint density at radius 3 is 2.57 bits per heavy atom. The van der Waals surface area contributed by atoms with Crippen LogP contribution in [0.15, 0.2) is 63.6 Å². The number of aromatic nitrogens is 3. The first kappa shape index (κ1) is 20.2. The van der Waals surface area contributed by atoms with E-state index in [0.717, 1.165) is 29.4 Å². The number of halogens is 1. The number of nitrogens with one attached hydrogen (secondary N) is 1. The van der Waals surface area contributed by atoms with Gasteiger partial charge in [-0.1, -0.05) is 43.0 Å². The topological polar surface area (TPSA) is 80.9 Å². The number of aryl methyl sites for hydroxylation is 1. The molecule has 0 aliphatic rings. The molecule has 0 spiro atoms. The highest BCUT2D eigenvalue weighted by molar-refractivity contribution is 7.99. The molecule has 0 aliphatic carbocycles. The van der Waals surface area contributed by atoms with E-state index in [9.17, 15) is 9.18 Å². The molecule has 0 radical (unpaired) electrons. The van der Waals surface area contributed by atoms with Crippen molar-refractivity contribution < 1.29 is 13.6 Å². The molecule has 152 valence electrons. The molecule has 0 atom stereocenters. The van der Waals surface area contributed by atoms with Gasteiger partial charge < -0.3 is 9.73 Å². The van der Waals surface area contributed by atoms with Crippen LogP contribution < -0.4 is 5.32 Å². The van der Waals surface area contributed by atoms with E-state index in [4.69, 9.17) is 4.42 Å². The first-order chi connectivity index (χ1) is 14.6. The predicted molar refractivity (Wildman–Crippen MR) is 116 cm³/mol. The van der Waals surface area contributed by atoms with Gasteiger partial charge in [-0.2, -0.15) is 0 Å². The van der Waals surface area contributed by atoms with Gasteiger partial charge in [0.1, 0.15) is 5.82 Å². The molecule has 0 bridgehead atoms. The Bertz CT molecular complexity index is 1140. The molecule has 0 fully saturated rings. The summed E-state index contributed by atoms with van der Waals surface area (Å²) >= 11 is 2.50. The first-order valence-corrected chi connectivity index (χ1v) is 11.0. The van der Waals surface area contributed by atoms with E-state index in [0.29, 0.717) is 10.7 Å².